The first-order valence-electron chi connectivity index (χ1n) is 7.23. The van der Waals surface area contributed by atoms with Gasteiger partial charge in [-0.1, -0.05) is 19.8 Å². The second kappa shape index (κ2) is 6.61. The lowest BCUT2D eigenvalue weighted by Crippen LogP contribution is -2.37. The molecule has 94 valence electrons. The lowest BCUT2D eigenvalue weighted by Gasteiger charge is -2.29. The first-order chi connectivity index (χ1) is 7.88. The van der Waals surface area contributed by atoms with Crippen molar-refractivity contribution in [1.82, 2.24) is 5.32 Å². The number of hydrogen-bond donors (Lipinski definition) is 1. The largest absolute Gasteiger partial charge is 0.377 e. The quantitative estimate of drug-likeness (QED) is 0.776. The minimum absolute atomic E-state index is 0.508. The van der Waals surface area contributed by atoms with Crippen molar-refractivity contribution in [2.75, 3.05) is 13.2 Å². The Morgan fingerprint density at radius 3 is 2.56 bits per heavy atom. The van der Waals surface area contributed by atoms with Crippen LogP contribution in [0.3, 0.4) is 0 Å². The first kappa shape index (κ1) is 12.4. The molecule has 1 heterocycles. The molecule has 2 nitrogen and oxygen atoms in total. The van der Waals surface area contributed by atoms with Gasteiger partial charge in [0.15, 0.2) is 0 Å². The van der Waals surface area contributed by atoms with Crippen LogP contribution in [0.4, 0.5) is 0 Å². The van der Waals surface area contributed by atoms with Crippen LogP contribution in [0, 0.1) is 5.92 Å². The minimum atomic E-state index is 0.508. The minimum Gasteiger partial charge on any atom is -0.377 e. The first-order valence-corrected chi connectivity index (χ1v) is 7.23. The van der Waals surface area contributed by atoms with Gasteiger partial charge >= 0.3 is 0 Å². The third-order valence-corrected chi connectivity index (χ3v) is 4.20. The van der Waals surface area contributed by atoms with Crippen LogP contribution >= 0.6 is 0 Å². The molecule has 2 heteroatoms. The van der Waals surface area contributed by atoms with Gasteiger partial charge in [0.1, 0.15) is 0 Å². The van der Waals surface area contributed by atoms with Crippen LogP contribution in [0.5, 0.6) is 0 Å². The molecule has 16 heavy (non-hydrogen) atoms. The van der Waals surface area contributed by atoms with Crippen LogP contribution in [0.25, 0.3) is 0 Å². The van der Waals surface area contributed by atoms with Crippen LogP contribution in [0.15, 0.2) is 0 Å². The summed E-state index contributed by atoms with van der Waals surface area (Å²) in [6.45, 7) is 4.38. The highest BCUT2D eigenvalue weighted by Gasteiger charge is 2.22. The average Bonchev–Trinajstić information content (AvgIpc) is 2.82. The second-order valence-electron chi connectivity index (χ2n) is 5.55. The summed E-state index contributed by atoms with van der Waals surface area (Å²) in [6, 6.07) is 0.775. The van der Waals surface area contributed by atoms with Gasteiger partial charge in [0.25, 0.3) is 0 Å². The Morgan fingerprint density at radius 1 is 1.12 bits per heavy atom. The molecule has 1 saturated heterocycles. The second-order valence-corrected chi connectivity index (χ2v) is 5.55. The van der Waals surface area contributed by atoms with Gasteiger partial charge in [-0.3, -0.25) is 0 Å². The fourth-order valence-corrected chi connectivity index (χ4v) is 3.17. The van der Waals surface area contributed by atoms with Crippen molar-refractivity contribution >= 4 is 0 Å². The van der Waals surface area contributed by atoms with Crippen LogP contribution in [-0.2, 0) is 4.74 Å². The van der Waals surface area contributed by atoms with Gasteiger partial charge in [-0.15, -0.1) is 0 Å². The van der Waals surface area contributed by atoms with E-state index in [4.69, 9.17) is 4.74 Å². The van der Waals surface area contributed by atoms with Crippen molar-refractivity contribution in [3.63, 3.8) is 0 Å². The van der Waals surface area contributed by atoms with Gasteiger partial charge < -0.3 is 10.1 Å². The zero-order valence-corrected chi connectivity index (χ0v) is 10.7. The Hall–Kier alpha value is -0.0800. The van der Waals surface area contributed by atoms with E-state index < -0.39 is 0 Å². The van der Waals surface area contributed by atoms with Crippen molar-refractivity contribution in [1.29, 1.82) is 0 Å². The third-order valence-electron chi connectivity index (χ3n) is 4.20. The maximum atomic E-state index is 5.64. The maximum Gasteiger partial charge on any atom is 0.0700 e. The Bertz CT molecular complexity index is 181. The van der Waals surface area contributed by atoms with Crippen molar-refractivity contribution in [3.8, 4) is 0 Å². The molecule has 2 fully saturated rings. The Morgan fingerprint density at radius 2 is 1.94 bits per heavy atom. The lowest BCUT2D eigenvalue weighted by atomic mass is 9.83. The highest BCUT2D eigenvalue weighted by atomic mass is 16.5. The van der Waals surface area contributed by atoms with Crippen LogP contribution in [0.2, 0.25) is 0 Å². The molecular weight excluding hydrogens is 198 g/mol. The summed E-state index contributed by atoms with van der Waals surface area (Å²) in [5.74, 6) is 1.02. The van der Waals surface area contributed by atoms with E-state index in [0.717, 1.165) is 25.1 Å². The van der Waals surface area contributed by atoms with E-state index >= 15 is 0 Å². The van der Waals surface area contributed by atoms with Gasteiger partial charge in [0.2, 0.25) is 0 Å². The molecule has 2 rings (SSSR count). The van der Waals surface area contributed by atoms with E-state index in [2.05, 4.69) is 12.2 Å². The number of nitrogens with one attached hydrogen (secondary N) is 1. The standard InChI is InChI=1S/C14H27NO/c1-2-4-12-6-8-13(9-7-12)15-11-14-5-3-10-16-14/h12-15H,2-11H2,1H3. The van der Waals surface area contributed by atoms with Gasteiger partial charge in [-0.2, -0.15) is 0 Å². The van der Waals surface area contributed by atoms with Gasteiger partial charge in [-0.05, 0) is 44.4 Å². The maximum absolute atomic E-state index is 5.64. The summed E-state index contributed by atoms with van der Waals surface area (Å²) >= 11 is 0. The molecule has 0 aromatic carbocycles. The highest BCUT2D eigenvalue weighted by molar-refractivity contribution is 4.79. The predicted molar refractivity (Wildman–Crippen MR) is 67.6 cm³/mol. The van der Waals surface area contributed by atoms with Crippen molar-refractivity contribution in [3.05, 3.63) is 0 Å². The molecule has 0 aromatic heterocycles. The smallest absolute Gasteiger partial charge is 0.0700 e. The molecule has 1 aliphatic carbocycles. The average molecular weight is 225 g/mol. The number of ether oxygens (including phenoxy) is 1. The molecule has 2 aliphatic rings. The van der Waals surface area contributed by atoms with E-state index in [1.165, 1.54) is 51.4 Å². The fraction of sp³-hybridized carbons (Fsp3) is 1.00. The SMILES string of the molecule is CCCC1CCC(NCC2CCCO2)CC1. The number of rotatable bonds is 5. The van der Waals surface area contributed by atoms with Crippen molar-refractivity contribution < 1.29 is 4.74 Å². The van der Waals surface area contributed by atoms with Crippen LogP contribution < -0.4 is 5.32 Å². The van der Waals surface area contributed by atoms with Crippen molar-refractivity contribution in [2.24, 2.45) is 5.92 Å². The summed E-state index contributed by atoms with van der Waals surface area (Å²) in [4.78, 5) is 0. The molecule has 0 amide bonds. The molecule has 0 bridgehead atoms. The summed E-state index contributed by atoms with van der Waals surface area (Å²) in [5, 5.41) is 3.70. The summed E-state index contributed by atoms with van der Waals surface area (Å²) in [5.41, 5.74) is 0. The van der Waals surface area contributed by atoms with E-state index in [0.29, 0.717) is 6.10 Å². The normalized spacial score (nSPS) is 35.4. The summed E-state index contributed by atoms with van der Waals surface area (Å²) in [7, 11) is 0. The molecule has 0 spiro atoms. The Balaban J connectivity index is 1.57. The van der Waals surface area contributed by atoms with Gasteiger partial charge in [-0.25, -0.2) is 0 Å². The van der Waals surface area contributed by atoms with E-state index in [9.17, 15) is 0 Å². The Labute approximate surface area is 100 Å². The van der Waals surface area contributed by atoms with Crippen LogP contribution in [-0.4, -0.2) is 25.3 Å². The van der Waals surface area contributed by atoms with E-state index in [-0.39, 0.29) is 0 Å². The zero-order chi connectivity index (χ0) is 11.2. The summed E-state index contributed by atoms with van der Waals surface area (Å²) < 4.78 is 5.64. The lowest BCUT2D eigenvalue weighted by molar-refractivity contribution is 0.104. The van der Waals surface area contributed by atoms with Crippen LogP contribution in [0.1, 0.15) is 58.3 Å². The predicted octanol–water partition coefficient (Wildman–Crippen LogP) is 3.11. The van der Waals surface area contributed by atoms with E-state index in [1.54, 1.807) is 0 Å². The summed E-state index contributed by atoms with van der Waals surface area (Å²) in [6.07, 6.45) is 11.5. The zero-order valence-electron chi connectivity index (χ0n) is 10.7. The molecular formula is C14H27NO. The van der Waals surface area contributed by atoms with E-state index in [1.807, 2.05) is 0 Å². The topological polar surface area (TPSA) is 21.3 Å². The monoisotopic (exact) mass is 225 g/mol. The highest BCUT2D eigenvalue weighted by Crippen LogP contribution is 2.27. The van der Waals surface area contributed by atoms with Crippen molar-refractivity contribution in [2.45, 2.75) is 70.4 Å². The third kappa shape index (κ3) is 3.74. The molecule has 1 aliphatic heterocycles. The molecule has 1 N–H and O–H groups in total. The Kier molecular flexibility index (Phi) is 5.11. The molecule has 0 aromatic rings. The number of hydrogen-bond acceptors (Lipinski definition) is 2. The molecule has 1 unspecified atom stereocenters. The molecule has 0 radical (unpaired) electrons. The molecule has 1 saturated carbocycles. The van der Waals surface area contributed by atoms with Gasteiger partial charge in [0.05, 0.1) is 6.10 Å². The molecule has 1 atom stereocenters. The van der Waals surface area contributed by atoms with Gasteiger partial charge in [0, 0.05) is 19.2 Å². The fourth-order valence-electron chi connectivity index (χ4n) is 3.17.